The monoisotopic (exact) mass is 324 g/mol. The Morgan fingerprint density at radius 1 is 1.13 bits per heavy atom. The number of allylic oxidation sites excluding steroid dienone is 2. The highest BCUT2D eigenvalue weighted by molar-refractivity contribution is 7.90. The van der Waals surface area contributed by atoms with E-state index in [-0.39, 0.29) is 6.42 Å². The second-order valence-electron chi connectivity index (χ2n) is 5.41. The van der Waals surface area contributed by atoms with Crippen LogP contribution in [0.25, 0.3) is 17.2 Å². The van der Waals surface area contributed by atoms with Crippen LogP contribution >= 0.6 is 0 Å². The predicted molar refractivity (Wildman–Crippen MR) is 93.3 cm³/mol. The highest BCUT2D eigenvalue weighted by Crippen LogP contribution is 2.37. The first-order valence-electron chi connectivity index (χ1n) is 7.22. The van der Waals surface area contributed by atoms with Gasteiger partial charge >= 0.3 is 5.97 Å². The zero-order valence-corrected chi connectivity index (χ0v) is 13.5. The van der Waals surface area contributed by atoms with Gasteiger partial charge in [0.05, 0.1) is 6.42 Å². The van der Waals surface area contributed by atoms with Crippen LogP contribution in [0.5, 0.6) is 0 Å². The zero-order valence-electron chi connectivity index (χ0n) is 12.7. The van der Waals surface area contributed by atoms with Crippen molar-refractivity contribution < 1.29 is 14.5 Å². The summed E-state index contributed by atoms with van der Waals surface area (Å²) in [6, 6.07) is 15.4. The standard InChI is InChI=1S/C19H16O3S/c1-23(22)16-8-6-13(7-9-16)10-14-11-15(12-19(20)21)18-5-3-2-4-17(14)18/h2-11H,12H2,1H3,(H,20,21). The first-order valence-corrected chi connectivity index (χ1v) is 8.78. The summed E-state index contributed by atoms with van der Waals surface area (Å²) in [4.78, 5) is 11.8. The van der Waals surface area contributed by atoms with Crippen LogP contribution in [0.4, 0.5) is 0 Å². The lowest BCUT2D eigenvalue weighted by molar-refractivity contribution is -0.135. The van der Waals surface area contributed by atoms with Gasteiger partial charge in [0.25, 0.3) is 0 Å². The maximum absolute atomic E-state index is 11.4. The molecule has 1 aliphatic carbocycles. The van der Waals surface area contributed by atoms with Crippen LogP contribution in [0, 0.1) is 0 Å². The minimum absolute atomic E-state index is 0.0160. The molecule has 3 nitrogen and oxygen atoms in total. The van der Waals surface area contributed by atoms with Crippen LogP contribution in [-0.2, 0) is 16.0 Å². The fourth-order valence-corrected chi connectivity index (χ4v) is 3.24. The molecular formula is C19H16O3S. The molecule has 2 aromatic rings. The summed E-state index contributed by atoms with van der Waals surface area (Å²) in [5, 5.41) is 9.07. The van der Waals surface area contributed by atoms with Crippen LogP contribution in [0.1, 0.15) is 23.1 Å². The highest BCUT2D eigenvalue weighted by atomic mass is 32.2. The lowest BCUT2D eigenvalue weighted by atomic mass is 10.0. The van der Waals surface area contributed by atoms with Gasteiger partial charge in [-0.25, -0.2) is 0 Å². The number of rotatable bonds is 4. The molecule has 0 radical (unpaired) electrons. The van der Waals surface area contributed by atoms with E-state index in [1.807, 2.05) is 60.7 Å². The summed E-state index contributed by atoms with van der Waals surface area (Å²) in [7, 11) is 0. The van der Waals surface area contributed by atoms with E-state index in [0.717, 1.165) is 32.7 Å². The van der Waals surface area contributed by atoms with Crippen molar-refractivity contribution in [2.75, 3.05) is 6.26 Å². The largest absolute Gasteiger partial charge is 0.612 e. The number of carboxylic acid groups (broad SMARTS) is 1. The van der Waals surface area contributed by atoms with E-state index in [1.54, 1.807) is 6.26 Å². The van der Waals surface area contributed by atoms with E-state index in [2.05, 4.69) is 0 Å². The van der Waals surface area contributed by atoms with Crippen LogP contribution in [0.3, 0.4) is 0 Å². The molecule has 1 unspecified atom stereocenters. The molecule has 116 valence electrons. The second-order valence-corrected chi connectivity index (χ2v) is 6.79. The minimum atomic E-state index is -0.988. The summed E-state index contributed by atoms with van der Waals surface area (Å²) in [5.74, 6) is -0.831. The number of hydrogen-bond donors (Lipinski definition) is 1. The zero-order chi connectivity index (χ0) is 16.4. The molecule has 4 heteroatoms. The van der Waals surface area contributed by atoms with Gasteiger partial charge in [-0.15, -0.1) is 0 Å². The van der Waals surface area contributed by atoms with E-state index >= 15 is 0 Å². The summed E-state index contributed by atoms with van der Waals surface area (Å²) < 4.78 is 11.4. The number of fused-ring (bicyclic) bond motifs is 1. The van der Waals surface area contributed by atoms with Crippen molar-refractivity contribution in [3.63, 3.8) is 0 Å². The fourth-order valence-electron chi connectivity index (χ4n) is 2.72. The number of aliphatic carboxylic acids is 1. The third-order valence-electron chi connectivity index (χ3n) is 3.79. The lowest BCUT2D eigenvalue weighted by Crippen LogP contribution is -1.96. The molecule has 0 saturated heterocycles. The van der Waals surface area contributed by atoms with Crippen molar-refractivity contribution in [1.29, 1.82) is 0 Å². The molecule has 0 heterocycles. The van der Waals surface area contributed by atoms with Gasteiger partial charge in [0.1, 0.15) is 6.26 Å². The van der Waals surface area contributed by atoms with E-state index in [1.165, 1.54) is 0 Å². The predicted octanol–water partition coefficient (Wildman–Crippen LogP) is 3.84. The normalized spacial score (nSPS) is 16.1. The molecular weight excluding hydrogens is 308 g/mol. The second kappa shape index (κ2) is 6.44. The Kier molecular flexibility index (Phi) is 4.37. The van der Waals surface area contributed by atoms with Gasteiger partial charge in [-0.05, 0) is 75.4 Å². The van der Waals surface area contributed by atoms with Crippen molar-refractivity contribution in [2.24, 2.45) is 0 Å². The molecule has 3 rings (SSSR count). The van der Waals surface area contributed by atoms with Crippen molar-refractivity contribution >= 4 is 34.4 Å². The topological polar surface area (TPSA) is 60.4 Å². The molecule has 0 saturated carbocycles. The first kappa shape index (κ1) is 15.6. The average Bonchev–Trinajstić information content (AvgIpc) is 2.85. The lowest BCUT2D eigenvalue weighted by Gasteiger charge is -2.05. The Balaban J connectivity index is 1.98. The molecule has 0 spiro atoms. The first-order chi connectivity index (χ1) is 11.0. The summed E-state index contributed by atoms with van der Waals surface area (Å²) >= 11 is -0.988. The maximum atomic E-state index is 11.4. The summed E-state index contributed by atoms with van der Waals surface area (Å²) in [6.07, 6.45) is 5.63. The van der Waals surface area contributed by atoms with E-state index in [0.29, 0.717) is 0 Å². The smallest absolute Gasteiger partial charge is 0.307 e. The average molecular weight is 324 g/mol. The van der Waals surface area contributed by atoms with Gasteiger partial charge in [-0.2, -0.15) is 0 Å². The molecule has 0 aliphatic heterocycles. The highest BCUT2D eigenvalue weighted by Gasteiger charge is 2.19. The molecule has 0 aromatic heterocycles. The van der Waals surface area contributed by atoms with Crippen LogP contribution in [-0.4, -0.2) is 21.9 Å². The van der Waals surface area contributed by atoms with Crippen molar-refractivity contribution in [1.82, 2.24) is 0 Å². The van der Waals surface area contributed by atoms with Gasteiger partial charge < -0.3 is 9.66 Å². The minimum Gasteiger partial charge on any atom is -0.612 e. The number of carbonyl (C=O) groups is 1. The molecule has 2 aromatic carbocycles. The quantitative estimate of drug-likeness (QED) is 0.869. The number of benzene rings is 2. The fraction of sp³-hybridized carbons (Fsp3) is 0.105. The SMILES string of the molecule is C[S+]([O-])c1ccc(C=C2C=C(CC(=O)O)c3ccccc32)cc1. The Morgan fingerprint density at radius 2 is 1.78 bits per heavy atom. The summed E-state index contributed by atoms with van der Waals surface area (Å²) in [5.41, 5.74) is 4.85. The molecule has 1 atom stereocenters. The third kappa shape index (κ3) is 3.38. The summed E-state index contributed by atoms with van der Waals surface area (Å²) in [6.45, 7) is 0. The van der Waals surface area contributed by atoms with Gasteiger partial charge in [-0.1, -0.05) is 24.3 Å². The Hall–Kier alpha value is -2.30. The van der Waals surface area contributed by atoms with Crippen molar-refractivity contribution in [3.05, 3.63) is 71.3 Å². The Morgan fingerprint density at radius 3 is 2.39 bits per heavy atom. The van der Waals surface area contributed by atoms with E-state index < -0.39 is 17.1 Å². The van der Waals surface area contributed by atoms with Gasteiger partial charge in [-0.3, -0.25) is 4.79 Å². The Labute approximate surface area is 138 Å². The molecule has 0 amide bonds. The molecule has 0 fully saturated rings. The van der Waals surface area contributed by atoms with Gasteiger partial charge in [0, 0.05) is 0 Å². The van der Waals surface area contributed by atoms with Crippen LogP contribution < -0.4 is 0 Å². The molecule has 1 aliphatic rings. The van der Waals surface area contributed by atoms with Gasteiger partial charge in [0.15, 0.2) is 4.90 Å². The van der Waals surface area contributed by atoms with Crippen LogP contribution in [0.15, 0.2) is 59.5 Å². The molecule has 0 bridgehead atoms. The van der Waals surface area contributed by atoms with Crippen molar-refractivity contribution in [3.8, 4) is 0 Å². The van der Waals surface area contributed by atoms with Gasteiger partial charge in [0.2, 0.25) is 0 Å². The number of carboxylic acids is 1. The number of hydrogen-bond acceptors (Lipinski definition) is 2. The maximum Gasteiger partial charge on any atom is 0.307 e. The van der Waals surface area contributed by atoms with E-state index in [9.17, 15) is 9.35 Å². The van der Waals surface area contributed by atoms with Crippen LogP contribution in [0.2, 0.25) is 0 Å². The van der Waals surface area contributed by atoms with Crippen molar-refractivity contribution in [2.45, 2.75) is 11.3 Å². The van der Waals surface area contributed by atoms with E-state index in [4.69, 9.17) is 5.11 Å². The third-order valence-corrected chi connectivity index (χ3v) is 4.73. The molecule has 23 heavy (non-hydrogen) atoms. The Bertz CT molecular complexity index is 802. The molecule has 1 N–H and O–H groups in total.